The van der Waals surface area contributed by atoms with Gasteiger partial charge in [0.05, 0.1) is 16.4 Å². The minimum Gasteiger partial charge on any atom is -0.380 e. The molecule has 32 heavy (non-hydrogen) atoms. The minimum atomic E-state index is -4.35. The molecule has 1 saturated heterocycles. The highest BCUT2D eigenvalue weighted by molar-refractivity contribution is 7.89. The van der Waals surface area contributed by atoms with Crippen molar-refractivity contribution in [3.05, 3.63) is 42.5 Å². The van der Waals surface area contributed by atoms with Crippen LogP contribution in [0, 0.1) is 23.7 Å². The van der Waals surface area contributed by atoms with Crippen LogP contribution in [0.3, 0.4) is 0 Å². The Bertz CT molecular complexity index is 1080. The summed E-state index contributed by atoms with van der Waals surface area (Å²) in [6.45, 7) is 11.2. The number of rotatable bonds is 6. The van der Waals surface area contributed by atoms with Crippen molar-refractivity contribution in [3.8, 4) is 0 Å². The highest BCUT2D eigenvalue weighted by atomic mass is 32.2. The highest BCUT2D eigenvalue weighted by Crippen LogP contribution is 2.70. The van der Waals surface area contributed by atoms with Gasteiger partial charge in [-0.25, -0.2) is 5.01 Å². The maximum Gasteiger partial charge on any atom is 0.284 e. The number of hydrogen-bond donors (Lipinski definition) is 1. The Morgan fingerprint density at radius 2 is 1.94 bits per heavy atom. The van der Waals surface area contributed by atoms with Gasteiger partial charge in [-0.2, -0.15) is 8.42 Å². The van der Waals surface area contributed by atoms with Crippen LogP contribution in [0.5, 0.6) is 0 Å². The molecular weight excluding hydrogens is 428 g/mol. The zero-order valence-corrected chi connectivity index (χ0v) is 20.0. The Balaban J connectivity index is 1.90. The summed E-state index contributed by atoms with van der Waals surface area (Å²) in [4.78, 5) is 27.7. The zero-order chi connectivity index (χ0) is 23.7. The van der Waals surface area contributed by atoms with Crippen LogP contribution in [0.25, 0.3) is 0 Å². The number of nitrogens with zero attached hydrogens (tertiary/aromatic N) is 2. The molecule has 1 heterocycles. The van der Waals surface area contributed by atoms with E-state index >= 15 is 0 Å². The molecule has 3 fully saturated rings. The van der Waals surface area contributed by atoms with Gasteiger partial charge < -0.3 is 5.11 Å². The van der Waals surface area contributed by atoms with Crippen molar-refractivity contribution in [3.63, 3.8) is 0 Å². The van der Waals surface area contributed by atoms with Crippen LogP contribution >= 0.6 is 0 Å². The molecule has 2 saturated carbocycles. The molecule has 4 rings (SSSR count). The van der Waals surface area contributed by atoms with Crippen molar-refractivity contribution in [2.45, 2.75) is 76.3 Å². The summed E-state index contributed by atoms with van der Waals surface area (Å²) >= 11 is 0. The quantitative estimate of drug-likeness (QED) is 0.658. The molecular formula is C24H32N2O5S. The zero-order valence-electron chi connectivity index (χ0n) is 19.2. The number of hydrazine groups is 1. The van der Waals surface area contributed by atoms with E-state index in [1.54, 1.807) is 19.1 Å². The fourth-order valence-electron chi connectivity index (χ4n) is 6.25. The van der Waals surface area contributed by atoms with E-state index in [0.717, 1.165) is 17.0 Å². The molecule has 1 aliphatic heterocycles. The van der Waals surface area contributed by atoms with E-state index in [4.69, 9.17) is 0 Å². The third-order valence-electron chi connectivity index (χ3n) is 8.40. The lowest BCUT2D eigenvalue weighted by Gasteiger charge is -2.38. The van der Waals surface area contributed by atoms with E-state index in [9.17, 15) is 23.1 Å². The standard InChI is InChI=1S/C24H32N2O5S/c1-6-13-23(29,7-2)20(27)25-19-15-17-12-14-24(19,22(17,4)5)21(28)26(25)32(30,31)18-10-8-16(3)9-11-18/h6,8-11,17,19,29H,1,7,12-15H2,2-5H3/t17?,19?,23-,24?/m0/s1. The van der Waals surface area contributed by atoms with Gasteiger partial charge in [0.2, 0.25) is 0 Å². The van der Waals surface area contributed by atoms with Crippen molar-refractivity contribution in [1.82, 2.24) is 9.42 Å². The molecule has 3 aliphatic rings. The predicted octanol–water partition coefficient (Wildman–Crippen LogP) is 3.18. The van der Waals surface area contributed by atoms with Crippen LogP contribution in [0.1, 0.15) is 58.4 Å². The van der Waals surface area contributed by atoms with E-state index in [1.807, 2.05) is 20.8 Å². The van der Waals surface area contributed by atoms with Crippen LogP contribution < -0.4 is 0 Å². The van der Waals surface area contributed by atoms with E-state index < -0.39 is 44.3 Å². The first-order valence-electron chi connectivity index (χ1n) is 11.2. The molecule has 4 atom stereocenters. The minimum absolute atomic E-state index is 0.0298. The summed E-state index contributed by atoms with van der Waals surface area (Å²) in [6, 6.07) is 5.62. The lowest BCUT2D eigenvalue weighted by atomic mass is 9.67. The maximum absolute atomic E-state index is 14.0. The second kappa shape index (κ2) is 7.15. The second-order valence-electron chi connectivity index (χ2n) is 10.1. The monoisotopic (exact) mass is 460 g/mol. The van der Waals surface area contributed by atoms with Gasteiger partial charge in [-0.3, -0.25) is 9.59 Å². The van der Waals surface area contributed by atoms with Gasteiger partial charge in [0.25, 0.3) is 21.8 Å². The van der Waals surface area contributed by atoms with Crippen molar-refractivity contribution in [2.24, 2.45) is 16.7 Å². The summed E-state index contributed by atoms with van der Waals surface area (Å²) in [7, 11) is -4.35. The molecule has 3 unspecified atom stereocenters. The number of hydrogen-bond acceptors (Lipinski definition) is 5. The molecule has 2 bridgehead atoms. The summed E-state index contributed by atoms with van der Waals surface area (Å²) < 4.78 is 28.2. The van der Waals surface area contributed by atoms with Gasteiger partial charge in [-0.05, 0) is 56.1 Å². The molecule has 8 heteroatoms. The Hall–Kier alpha value is -2.19. The topological polar surface area (TPSA) is 95.0 Å². The van der Waals surface area contributed by atoms with E-state index in [0.29, 0.717) is 17.3 Å². The molecule has 1 aromatic rings. The fourth-order valence-corrected chi connectivity index (χ4v) is 7.73. The number of carbonyl (C=O) groups is 2. The summed E-state index contributed by atoms with van der Waals surface area (Å²) in [5, 5.41) is 12.2. The van der Waals surface area contributed by atoms with Crippen LogP contribution in [0.15, 0.2) is 41.8 Å². The first-order chi connectivity index (χ1) is 14.9. The van der Waals surface area contributed by atoms with Crippen molar-refractivity contribution in [2.75, 3.05) is 0 Å². The highest BCUT2D eigenvalue weighted by Gasteiger charge is 2.77. The number of fused-ring (bicyclic) bond motifs is 1. The van der Waals surface area contributed by atoms with E-state index in [-0.39, 0.29) is 23.7 Å². The molecule has 0 aromatic heterocycles. The Morgan fingerprint density at radius 3 is 2.47 bits per heavy atom. The van der Waals surface area contributed by atoms with Gasteiger partial charge in [0.15, 0.2) is 0 Å². The summed E-state index contributed by atoms with van der Waals surface area (Å²) in [5.41, 5.74) is -2.38. The maximum atomic E-state index is 14.0. The van der Waals surface area contributed by atoms with Gasteiger partial charge in [0, 0.05) is 6.42 Å². The number of aliphatic hydroxyl groups is 1. The molecule has 1 aromatic carbocycles. The first kappa shape index (κ1) is 23.0. The van der Waals surface area contributed by atoms with Crippen LogP contribution in [-0.2, 0) is 19.6 Å². The largest absolute Gasteiger partial charge is 0.380 e. The number of amides is 2. The Labute approximate surface area is 190 Å². The van der Waals surface area contributed by atoms with Crippen molar-refractivity contribution >= 4 is 21.8 Å². The first-order valence-corrected chi connectivity index (χ1v) is 12.7. The molecule has 174 valence electrons. The van der Waals surface area contributed by atoms with Gasteiger partial charge in [-0.1, -0.05) is 44.5 Å². The van der Waals surface area contributed by atoms with Crippen molar-refractivity contribution in [1.29, 1.82) is 0 Å². The number of sulfonamides is 1. The number of benzene rings is 1. The lowest BCUT2D eigenvalue weighted by Crippen LogP contribution is -2.57. The molecule has 1 spiro atoms. The second-order valence-corrected chi connectivity index (χ2v) is 11.8. The lowest BCUT2D eigenvalue weighted by molar-refractivity contribution is -0.165. The van der Waals surface area contributed by atoms with E-state index in [2.05, 4.69) is 6.58 Å². The van der Waals surface area contributed by atoms with Gasteiger partial charge in [-0.15, -0.1) is 11.0 Å². The molecule has 7 nitrogen and oxygen atoms in total. The predicted molar refractivity (Wildman–Crippen MR) is 119 cm³/mol. The smallest absolute Gasteiger partial charge is 0.284 e. The third-order valence-corrected chi connectivity index (χ3v) is 10.1. The average molecular weight is 461 g/mol. The van der Waals surface area contributed by atoms with E-state index in [1.165, 1.54) is 18.2 Å². The SMILES string of the molecule is C=CC[C@@](O)(CC)C(=O)N1C2CC3CCC2(C(=O)N1S(=O)(=O)c1ccc(C)cc1)C3(C)C. The Morgan fingerprint density at radius 1 is 1.31 bits per heavy atom. The van der Waals surface area contributed by atoms with Gasteiger partial charge in [0.1, 0.15) is 5.60 Å². The summed E-state index contributed by atoms with van der Waals surface area (Å²) in [6.07, 6.45) is 3.38. The van der Waals surface area contributed by atoms with Crippen LogP contribution in [-0.4, -0.2) is 46.4 Å². The van der Waals surface area contributed by atoms with Crippen molar-refractivity contribution < 1.29 is 23.1 Å². The molecule has 1 N–H and O–H groups in total. The van der Waals surface area contributed by atoms with Crippen LogP contribution in [0.4, 0.5) is 0 Å². The average Bonchev–Trinajstić information content (AvgIpc) is 3.26. The summed E-state index contributed by atoms with van der Waals surface area (Å²) in [5.74, 6) is -1.10. The fraction of sp³-hybridized carbons (Fsp3) is 0.583. The van der Waals surface area contributed by atoms with Gasteiger partial charge >= 0.3 is 0 Å². The van der Waals surface area contributed by atoms with Crippen LogP contribution in [0.2, 0.25) is 0 Å². The molecule has 0 radical (unpaired) electrons. The Kier molecular flexibility index (Phi) is 5.14. The third kappa shape index (κ3) is 2.71. The number of aryl methyl sites for hydroxylation is 1. The normalized spacial score (nSPS) is 30.3. The molecule has 2 aliphatic carbocycles. The number of carbonyl (C=O) groups excluding carboxylic acids is 2. The molecule has 2 amide bonds.